The minimum absolute atomic E-state index is 0.244. The molecule has 1 heterocycles. The van der Waals surface area contributed by atoms with Gasteiger partial charge in [0.1, 0.15) is 5.75 Å². The summed E-state index contributed by atoms with van der Waals surface area (Å²) in [6.45, 7) is 0. The van der Waals surface area contributed by atoms with Crippen molar-refractivity contribution in [1.82, 2.24) is 0 Å². The minimum atomic E-state index is -0.945. The molecule has 0 spiro atoms. The summed E-state index contributed by atoms with van der Waals surface area (Å²) >= 11 is 4.85. The molecule has 0 aliphatic carbocycles. The molecule has 1 aromatic carbocycles. The standard InChI is InChI=1S/C10H7BrO3S/c1-14-7-2-5(10(12)13)3-8-6(7)4-9(11)15-8/h2-4H,1H3,(H,12,13). The predicted octanol–water partition coefficient (Wildman–Crippen LogP) is 3.37. The number of hydrogen-bond donors (Lipinski definition) is 1. The van der Waals surface area contributed by atoms with E-state index in [-0.39, 0.29) is 5.56 Å². The number of carboxylic acid groups (broad SMARTS) is 1. The van der Waals surface area contributed by atoms with Crippen LogP contribution in [0.5, 0.6) is 5.75 Å². The van der Waals surface area contributed by atoms with E-state index in [2.05, 4.69) is 15.9 Å². The maximum absolute atomic E-state index is 10.9. The smallest absolute Gasteiger partial charge is 0.335 e. The molecule has 5 heteroatoms. The first kappa shape index (κ1) is 10.4. The molecule has 0 bridgehead atoms. The number of benzene rings is 1. The van der Waals surface area contributed by atoms with Crippen LogP contribution >= 0.6 is 27.3 Å². The quantitative estimate of drug-likeness (QED) is 0.921. The van der Waals surface area contributed by atoms with Crippen LogP contribution in [0.25, 0.3) is 10.1 Å². The van der Waals surface area contributed by atoms with Gasteiger partial charge in [-0.15, -0.1) is 11.3 Å². The number of carboxylic acids is 1. The summed E-state index contributed by atoms with van der Waals surface area (Å²) in [5.41, 5.74) is 0.244. The van der Waals surface area contributed by atoms with Crippen LogP contribution < -0.4 is 4.74 Å². The van der Waals surface area contributed by atoms with Gasteiger partial charge in [-0.2, -0.15) is 0 Å². The van der Waals surface area contributed by atoms with Gasteiger partial charge in [-0.25, -0.2) is 4.79 Å². The predicted molar refractivity (Wildman–Crippen MR) is 63.0 cm³/mol. The monoisotopic (exact) mass is 286 g/mol. The van der Waals surface area contributed by atoms with Crippen molar-refractivity contribution in [2.75, 3.05) is 7.11 Å². The molecule has 0 atom stereocenters. The average molecular weight is 287 g/mol. The molecule has 15 heavy (non-hydrogen) atoms. The van der Waals surface area contributed by atoms with E-state index >= 15 is 0 Å². The van der Waals surface area contributed by atoms with Gasteiger partial charge in [0.15, 0.2) is 0 Å². The zero-order valence-electron chi connectivity index (χ0n) is 7.78. The van der Waals surface area contributed by atoms with Crippen molar-refractivity contribution < 1.29 is 14.6 Å². The number of rotatable bonds is 2. The molecule has 3 nitrogen and oxygen atoms in total. The molecule has 0 aliphatic rings. The van der Waals surface area contributed by atoms with Gasteiger partial charge in [0.05, 0.1) is 16.5 Å². The summed E-state index contributed by atoms with van der Waals surface area (Å²) < 4.78 is 7.01. The third-order valence-electron chi connectivity index (χ3n) is 2.04. The molecule has 0 fully saturated rings. The Hall–Kier alpha value is -1.07. The van der Waals surface area contributed by atoms with Crippen LogP contribution in [-0.4, -0.2) is 18.2 Å². The Morgan fingerprint density at radius 2 is 2.20 bits per heavy atom. The van der Waals surface area contributed by atoms with Crippen molar-refractivity contribution in [3.8, 4) is 5.75 Å². The van der Waals surface area contributed by atoms with Gasteiger partial charge in [0.25, 0.3) is 0 Å². The maximum atomic E-state index is 10.9. The molecule has 0 radical (unpaired) electrons. The first-order chi connectivity index (χ1) is 7.11. The molecule has 2 rings (SSSR count). The van der Waals surface area contributed by atoms with Crippen LogP contribution in [0.4, 0.5) is 0 Å². The fourth-order valence-electron chi connectivity index (χ4n) is 1.37. The second kappa shape index (κ2) is 3.83. The number of ether oxygens (including phenoxy) is 1. The Labute approximate surface area is 98.4 Å². The third kappa shape index (κ3) is 1.85. The number of hydrogen-bond acceptors (Lipinski definition) is 3. The third-order valence-corrected chi connectivity index (χ3v) is 3.62. The van der Waals surface area contributed by atoms with Crippen molar-refractivity contribution in [2.45, 2.75) is 0 Å². The molecule has 0 amide bonds. The lowest BCUT2D eigenvalue weighted by atomic mass is 10.1. The van der Waals surface area contributed by atoms with Crippen LogP contribution in [0.2, 0.25) is 0 Å². The van der Waals surface area contributed by atoms with Gasteiger partial charge in [-0.3, -0.25) is 0 Å². The highest BCUT2D eigenvalue weighted by molar-refractivity contribution is 9.11. The zero-order valence-corrected chi connectivity index (χ0v) is 10.2. The van der Waals surface area contributed by atoms with Gasteiger partial charge >= 0.3 is 5.97 Å². The van der Waals surface area contributed by atoms with E-state index in [1.807, 2.05) is 6.07 Å². The van der Waals surface area contributed by atoms with E-state index in [4.69, 9.17) is 9.84 Å². The second-order valence-corrected chi connectivity index (χ2v) is 5.41. The molecule has 0 unspecified atom stereocenters. The van der Waals surface area contributed by atoms with E-state index in [1.54, 1.807) is 6.07 Å². The summed E-state index contributed by atoms with van der Waals surface area (Å²) in [6.07, 6.45) is 0. The topological polar surface area (TPSA) is 46.5 Å². The molecule has 0 aliphatic heterocycles. The van der Waals surface area contributed by atoms with E-state index in [0.717, 1.165) is 13.9 Å². The lowest BCUT2D eigenvalue weighted by molar-refractivity contribution is 0.0696. The highest BCUT2D eigenvalue weighted by atomic mass is 79.9. The zero-order chi connectivity index (χ0) is 11.0. The SMILES string of the molecule is COc1cc(C(=O)O)cc2sc(Br)cc12. The molecule has 0 saturated carbocycles. The summed E-state index contributed by atoms with van der Waals surface area (Å²) in [6, 6.07) is 5.10. The van der Waals surface area contributed by atoms with E-state index < -0.39 is 5.97 Å². The average Bonchev–Trinajstić information content (AvgIpc) is 2.56. The van der Waals surface area contributed by atoms with Crippen LogP contribution in [0.15, 0.2) is 22.0 Å². The van der Waals surface area contributed by atoms with Crippen molar-refractivity contribution in [2.24, 2.45) is 0 Å². The van der Waals surface area contributed by atoms with Crippen LogP contribution in [-0.2, 0) is 0 Å². The molecule has 0 saturated heterocycles. The Morgan fingerprint density at radius 1 is 1.47 bits per heavy atom. The summed E-state index contributed by atoms with van der Waals surface area (Å²) in [5, 5.41) is 9.84. The lowest BCUT2D eigenvalue weighted by Gasteiger charge is -2.03. The van der Waals surface area contributed by atoms with Crippen molar-refractivity contribution in [3.05, 3.63) is 27.5 Å². The van der Waals surface area contributed by atoms with Crippen LogP contribution in [0.3, 0.4) is 0 Å². The summed E-state index contributed by atoms with van der Waals surface area (Å²) in [7, 11) is 1.53. The van der Waals surface area contributed by atoms with E-state index in [0.29, 0.717) is 5.75 Å². The molecule has 1 aromatic heterocycles. The molecule has 2 aromatic rings. The Balaban J connectivity index is 2.76. The fraction of sp³-hybridized carbons (Fsp3) is 0.100. The Kier molecular flexibility index (Phi) is 2.67. The Bertz CT molecular complexity index is 533. The van der Waals surface area contributed by atoms with E-state index in [1.165, 1.54) is 24.5 Å². The number of methoxy groups -OCH3 is 1. The van der Waals surface area contributed by atoms with E-state index in [9.17, 15) is 4.79 Å². The maximum Gasteiger partial charge on any atom is 0.335 e. The molecule has 78 valence electrons. The second-order valence-electron chi connectivity index (χ2n) is 2.95. The number of halogens is 1. The van der Waals surface area contributed by atoms with Crippen LogP contribution in [0, 0.1) is 0 Å². The van der Waals surface area contributed by atoms with Crippen LogP contribution in [0.1, 0.15) is 10.4 Å². The first-order valence-electron chi connectivity index (χ1n) is 4.12. The van der Waals surface area contributed by atoms with Gasteiger partial charge in [0.2, 0.25) is 0 Å². The number of thiophene rings is 1. The number of carbonyl (C=O) groups is 1. The van der Waals surface area contributed by atoms with Gasteiger partial charge < -0.3 is 9.84 Å². The van der Waals surface area contributed by atoms with Crippen molar-refractivity contribution in [3.63, 3.8) is 0 Å². The number of fused-ring (bicyclic) bond motifs is 1. The summed E-state index contributed by atoms with van der Waals surface area (Å²) in [4.78, 5) is 10.9. The highest BCUT2D eigenvalue weighted by Gasteiger charge is 2.11. The highest BCUT2D eigenvalue weighted by Crippen LogP contribution is 2.36. The lowest BCUT2D eigenvalue weighted by Crippen LogP contribution is -1.96. The largest absolute Gasteiger partial charge is 0.496 e. The van der Waals surface area contributed by atoms with Crippen molar-refractivity contribution in [1.29, 1.82) is 0 Å². The van der Waals surface area contributed by atoms with Gasteiger partial charge in [-0.05, 0) is 34.1 Å². The summed E-state index contributed by atoms with van der Waals surface area (Å²) in [5.74, 6) is -0.355. The minimum Gasteiger partial charge on any atom is -0.496 e. The Morgan fingerprint density at radius 3 is 2.80 bits per heavy atom. The molecular weight excluding hydrogens is 280 g/mol. The molecular formula is C10H7BrO3S. The van der Waals surface area contributed by atoms with Crippen molar-refractivity contribution >= 4 is 43.3 Å². The first-order valence-corrected chi connectivity index (χ1v) is 5.73. The number of aromatic carboxylic acids is 1. The molecule has 1 N–H and O–H groups in total. The fourth-order valence-corrected chi connectivity index (χ4v) is 2.96. The van der Waals surface area contributed by atoms with Gasteiger partial charge in [0, 0.05) is 10.1 Å². The van der Waals surface area contributed by atoms with Gasteiger partial charge in [-0.1, -0.05) is 0 Å². The normalized spacial score (nSPS) is 10.5.